The first-order valence-electron chi connectivity index (χ1n) is 11.6. The lowest BCUT2D eigenvalue weighted by molar-refractivity contribution is -0.139. The molecule has 3 rings (SSSR count). The van der Waals surface area contributed by atoms with Crippen LogP contribution in [-0.4, -0.2) is 23.2 Å². The maximum Gasteiger partial charge on any atom is 0.416 e. The van der Waals surface area contributed by atoms with E-state index in [-0.39, 0.29) is 30.3 Å². The molecule has 4 nitrogen and oxygen atoms in total. The molecule has 2 aromatic rings. The SMILES string of the molecule is Cc1cc(CC(N[C@@H]2CC[C@@H](CC(=O)O)C[C@H]2c2ccc(C(F)(F)F)cc2)C(C)C)oc1C. The zero-order valence-electron chi connectivity index (χ0n) is 19.7. The lowest BCUT2D eigenvalue weighted by atomic mass is 9.73. The molecule has 1 unspecified atom stereocenters. The van der Waals surface area contributed by atoms with Crippen molar-refractivity contribution in [3.63, 3.8) is 0 Å². The van der Waals surface area contributed by atoms with E-state index in [4.69, 9.17) is 4.42 Å². The molecule has 0 aliphatic heterocycles. The highest BCUT2D eigenvalue weighted by atomic mass is 19.4. The zero-order valence-corrected chi connectivity index (χ0v) is 19.7. The average Bonchev–Trinajstić information content (AvgIpc) is 3.04. The standard InChI is InChI=1S/C26H34F3NO3/c1-15(2)24(14-21-11-16(3)17(4)33-21)30-23-10-5-18(13-25(31)32)12-22(23)19-6-8-20(9-7-19)26(27,28)29/h6-9,11,15,18,22-24,30H,5,10,12-14H2,1-4H3,(H,31,32)/t18-,22+,23-,24?/m1/s1. The lowest BCUT2D eigenvalue weighted by Crippen LogP contribution is -2.47. The molecule has 4 atom stereocenters. The van der Waals surface area contributed by atoms with Crippen LogP contribution in [0.2, 0.25) is 0 Å². The third-order valence-corrected chi connectivity index (χ3v) is 6.96. The van der Waals surface area contributed by atoms with Crippen LogP contribution in [0.4, 0.5) is 13.2 Å². The fraction of sp³-hybridized carbons (Fsp3) is 0.577. The lowest BCUT2D eigenvalue weighted by Gasteiger charge is -2.39. The van der Waals surface area contributed by atoms with Crippen LogP contribution in [0.25, 0.3) is 0 Å². The van der Waals surface area contributed by atoms with Gasteiger partial charge in [-0.15, -0.1) is 0 Å². The minimum absolute atomic E-state index is 0.0146. The molecule has 33 heavy (non-hydrogen) atoms. The van der Waals surface area contributed by atoms with E-state index in [2.05, 4.69) is 25.2 Å². The summed E-state index contributed by atoms with van der Waals surface area (Å²) in [5, 5.41) is 13.0. The van der Waals surface area contributed by atoms with Crippen molar-refractivity contribution >= 4 is 5.97 Å². The number of nitrogens with one attached hydrogen (secondary N) is 1. The van der Waals surface area contributed by atoms with Crippen LogP contribution >= 0.6 is 0 Å². The van der Waals surface area contributed by atoms with E-state index in [1.54, 1.807) is 12.1 Å². The number of halogens is 3. The van der Waals surface area contributed by atoms with Crippen LogP contribution in [0.15, 0.2) is 34.7 Å². The van der Waals surface area contributed by atoms with Crippen molar-refractivity contribution in [2.24, 2.45) is 11.8 Å². The van der Waals surface area contributed by atoms with Gasteiger partial charge >= 0.3 is 12.1 Å². The van der Waals surface area contributed by atoms with E-state index < -0.39 is 17.7 Å². The van der Waals surface area contributed by atoms with Gasteiger partial charge in [0, 0.05) is 24.9 Å². The van der Waals surface area contributed by atoms with Crippen molar-refractivity contribution < 1.29 is 27.5 Å². The molecule has 1 aromatic heterocycles. The summed E-state index contributed by atoms with van der Waals surface area (Å²) in [5.74, 6) is 1.28. The minimum Gasteiger partial charge on any atom is -0.481 e. The Morgan fingerprint density at radius 2 is 1.85 bits per heavy atom. The topological polar surface area (TPSA) is 62.5 Å². The Balaban J connectivity index is 1.82. The molecule has 0 radical (unpaired) electrons. The van der Waals surface area contributed by atoms with Gasteiger partial charge in [-0.3, -0.25) is 4.79 Å². The number of hydrogen-bond donors (Lipinski definition) is 2. The Morgan fingerprint density at radius 1 is 1.18 bits per heavy atom. The second-order valence-electron chi connectivity index (χ2n) is 9.78. The predicted octanol–water partition coefficient (Wildman–Crippen LogP) is 6.50. The largest absolute Gasteiger partial charge is 0.481 e. The summed E-state index contributed by atoms with van der Waals surface area (Å²) in [4.78, 5) is 11.3. The monoisotopic (exact) mass is 465 g/mol. The Kier molecular flexibility index (Phi) is 7.93. The van der Waals surface area contributed by atoms with Gasteiger partial charge in [-0.1, -0.05) is 26.0 Å². The number of aryl methyl sites for hydroxylation is 2. The number of benzene rings is 1. The molecule has 0 amide bonds. The van der Waals surface area contributed by atoms with Gasteiger partial charge in [-0.05, 0) is 80.2 Å². The Morgan fingerprint density at radius 3 is 2.36 bits per heavy atom. The van der Waals surface area contributed by atoms with Crippen molar-refractivity contribution in [3.05, 3.63) is 58.5 Å². The van der Waals surface area contributed by atoms with E-state index in [0.717, 1.165) is 54.0 Å². The van der Waals surface area contributed by atoms with Gasteiger partial charge in [0.15, 0.2) is 0 Å². The molecular formula is C26H34F3NO3. The quantitative estimate of drug-likeness (QED) is 0.467. The first-order chi connectivity index (χ1) is 15.4. The maximum atomic E-state index is 13.1. The van der Waals surface area contributed by atoms with Gasteiger partial charge in [0.2, 0.25) is 0 Å². The number of furan rings is 1. The molecule has 0 saturated heterocycles. The first-order valence-corrected chi connectivity index (χ1v) is 11.6. The fourth-order valence-corrected chi connectivity index (χ4v) is 4.91. The molecule has 2 N–H and O–H groups in total. The molecule has 7 heteroatoms. The smallest absolute Gasteiger partial charge is 0.416 e. The molecule has 1 aromatic carbocycles. The first kappa shape index (κ1) is 25.3. The molecule has 1 heterocycles. The molecule has 1 saturated carbocycles. The fourth-order valence-electron chi connectivity index (χ4n) is 4.91. The van der Waals surface area contributed by atoms with Gasteiger partial charge in [0.1, 0.15) is 11.5 Å². The summed E-state index contributed by atoms with van der Waals surface area (Å²) in [7, 11) is 0. The summed E-state index contributed by atoms with van der Waals surface area (Å²) in [6.07, 6.45) is -1.37. The Labute approximate surface area is 193 Å². The van der Waals surface area contributed by atoms with E-state index in [1.807, 2.05) is 13.8 Å². The van der Waals surface area contributed by atoms with Crippen LogP contribution in [0, 0.1) is 25.7 Å². The molecule has 182 valence electrons. The molecule has 0 spiro atoms. The van der Waals surface area contributed by atoms with Gasteiger partial charge in [-0.25, -0.2) is 0 Å². The van der Waals surface area contributed by atoms with Crippen LogP contribution in [0.3, 0.4) is 0 Å². The average molecular weight is 466 g/mol. The van der Waals surface area contributed by atoms with E-state index in [9.17, 15) is 23.1 Å². The third-order valence-electron chi connectivity index (χ3n) is 6.96. The number of hydrogen-bond acceptors (Lipinski definition) is 3. The van der Waals surface area contributed by atoms with Crippen LogP contribution < -0.4 is 5.32 Å². The molecule has 0 bridgehead atoms. The van der Waals surface area contributed by atoms with Gasteiger partial charge in [-0.2, -0.15) is 13.2 Å². The van der Waals surface area contributed by atoms with E-state index in [1.165, 1.54) is 0 Å². The van der Waals surface area contributed by atoms with Crippen molar-refractivity contribution in [2.45, 2.75) is 84.0 Å². The Hall–Kier alpha value is -2.28. The minimum atomic E-state index is -4.38. The number of carbonyl (C=O) groups is 1. The number of aliphatic carboxylic acids is 1. The van der Waals surface area contributed by atoms with E-state index in [0.29, 0.717) is 12.3 Å². The third kappa shape index (κ3) is 6.62. The van der Waals surface area contributed by atoms with Crippen LogP contribution in [0.5, 0.6) is 0 Å². The molecular weight excluding hydrogens is 431 g/mol. The number of alkyl halides is 3. The highest BCUT2D eigenvalue weighted by Gasteiger charge is 2.35. The second kappa shape index (κ2) is 10.3. The highest BCUT2D eigenvalue weighted by molar-refractivity contribution is 5.67. The van der Waals surface area contributed by atoms with Gasteiger partial charge in [0.25, 0.3) is 0 Å². The van der Waals surface area contributed by atoms with Crippen molar-refractivity contribution in [3.8, 4) is 0 Å². The summed E-state index contributed by atoms with van der Waals surface area (Å²) < 4.78 is 45.1. The summed E-state index contributed by atoms with van der Waals surface area (Å²) in [6.45, 7) is 8.25. The maximum absolute atomic E-state index is 13.1. The molecule has 1 aliphatic rings. The number of carboxylic acids is 1. The van der Waals surface area contributed by atoms with E-state index >= 15 is 0 Å². The number of rotatable bonds is 8. The van der Waals surface area contributed by atoms with Crippen molar-refractivity contribution in [2.75, 3.05) is 0 Å². The number of carboxylic acid groups (broad SMARTS) is 1. The van der Waals surface area contributed by atoms with Crippen LogP contribution in [-0.2, 0) is 17.4 Å². The molecule has 1 fully saturated rings. The van der Waals surface area contributed by atoms with Crippen LogP contribution in [0.1, 0.15) is 73.7 Å². The molecule has 1 aliphatic carbocycles. The normalized spacial score (nSPS) is 22.5. The Bertz CT molecular complexity index is 914. The summed E-state index contributed by atoms with van der Waals surface area (Å²) >= 11 is 0. The predicted molar refractivity (Wildman–Crippen MR) is 121 cm³/mol. The van der Waals surface area contributed by atoms with Gasteiger partial charge in [0.05, 0.1) is 5.56 Å². The van der Waals surface area contributed by atoms with Crippen molar-refractivity contribution in [1.29, 1.82) is 0 Å². The van der Waals surface area contributed by atoms with Gasteiger partial charge < -0.3 is 14.8 Å². The highest BCUT2D eigenvalue weighted by Crippen LogP contribution is 2.40. The summed E-state index contributed by atoms with van der Waals surface area (Å²) in [5.41, 5.74) is 1.27. The van der Waals surface area contributed by atoms with Crippen molar-refractivity contribution in [1.82, 2.24) is 5.32 Å². The zero-order chi connectivity index (χ0) is 24.3. The second-order valence-corrected chi connectivity index (χ2v) is 9.78. The summed E-state index contributed by atoms with van der Waals surface area (Å²) in [6, 6.07) is 7.60.